The minimum atomic E-state index is 0. The zero-order chi connectivity index (χ0) is 14.3. The quantitative estimate of drug-likeness (QED) is 0.338. The van der Waals surface area contributed by atoms with Gasteiger partial charge in [0.1, 0.15) is 0 Å². The van der Waals surface area contributed by atoms with E-state index in [9.17, 15) is 0 Å². The number of thioether (sulfide) groups is 1. The van der Waals surface area contributed by atoms with Crippen molar-refractivity contribution in [3.05, 3.63) is 29.8 Å². The number of hydrogen-bond acceptors (Lipinski definition) is 2. The fourth-order valence-electron chi connectivity index (χ4n) is 1.51. The molecular formula is C15H26IN3S. The Hall–Kier alpha value is -0.430. The number of nitrogens with one attached hydrogen (secondary N) is 2. The second kappa shape index (κ2) is 10.3. The Bertz CT molecular complexity index is 404. The molecule has 0 radical (unpaired) electrons. The molecular weight excluding hydrogens is 381 g/mol. The first kappa shape index (κ1) is 19.6. The SMILES string of the molecule is CN=C(NCc1ccc(SC)cc1)NC(C)C(C)C.I. The molecule has 0 spiro atoms. The van der Waals surface area contributed by atoms with Crippen LogP contribution in [0.5, 0.6) is 0 Å². The van der Waals surface area contributed by atoms with Gasteiger partial charge < -0.3 is 10.6 Å². The third-order valence-corrected chi connectivity index (χ3v) is 3.95. The van der Waals surface area contributed by atoms with Gasteiger partial charge in [0.05, 0.1) is 0 Å². The fraction of sp³-hybridized carbons (Fsp3) is 0.533. The van der Waals surface area contributed by atoms with Gasteiger partial charge in [0.25, 0.3) is 0 Å². The van der Waals surface area contributed by atoms with Crippen LogP contribution in [0, 0.1) is 5.92 Å². The molecule has 0 aliphatic rings. The summed E-state index contributed by atoms with van der Waals surface area (Å²) in [5.74, 6) is 1.44. The lowest BCUT2D eigenvalue weighted by Gasteiger charge is -2.20. The number of aliphatic imine (C=N–C) groups is 1. The van der Waals surface area contributed by atoms with Crippen LogP contribution in [0.25, 0.3) is 0 Å². The van der Waals surface area contributed by atoms with Crippen molar-refractivity contribution >= 4 is 41.7 Å². The van der Waals surface area contributed by atoms with E-state index < -0.39 is 0 Å². The molecule has 114 valence electrons. The molecule has 0 fully saturated rings. The van der Waals surface area contributed by atoms with Gasteiger partial charge in [-0.05, 0) is 36.8 Å². The van der Waals surface area contributed by atoms with Crippen LogP contribution in [0.2, 0.25) is 0 Å². The highest BCUT2D eigenvalue weighted by Gasteiger charge is 2.08. The topological polar surface area (TPSA) is 36.4 Å². The van der Waals surface area contributed by atoms with Crippen LogP contribution in [0.15, 0.2) is 34.2 Å². The van der Waals surface area contributed by atoms with Crippen LogP contribution in [-0.4, -0.2) is 25.3 Å². The first-order valence-electron chi connectivity index (χ1n) is 6.67. The second-order valence-corrected chi connectivity index (χ2v) is 5.83. The number of guanidine groups is 1. The predicted octanol–water partition coefficient (Wildman–Crippen LogP) is 3.74. The van der Waals surface area contributed by atoms with E-state index in [1.807, 2.05) is 0 Å². The molecule has 1 atom stereocenters. The van der Waals surface area contributed by atoms with Crippen molar-refractivity contribution in [3.8, 4) is 0 Å². The molecule has 20 heavy (non-hydrogen) atoms. The molecule has 0 bridgehead atoms. The number of nitrogens with zero attached hydrogens (tertiary/aromatic N) is 1. The molecule has 0 heterocycles. The number of halogens is 1. The van der Waals surface area contributed by atoms with Crippen LogP contribution in [-0.2, 0) is 6.54 Å². The summed E-state index contributed by atoms with van der Waals surface area (Å²) in [5, 5.41) is 6.73. The van der Waals surface area contributed by atoms with Gasteiger partial charge in [-0.2, -0.15) is 0 Å². The molecule has 0 saturated carbocycles. The first-order chi connectivity index (χ1) is 9.06. The van der Waals surface area contributed by atoms with E-state index in [1.54, 1.807) is 18.8 Å². The van der Waals surface area contributed by atoms with E-state index >= 15 is 0 Å². The summed E-state index contributed by atoms with van der Waals surface area (Å²) in [6, 6.07) is 9.00. The van der Waals surface area contributed by atoms with E-state index in [0.717, 1.165) is 12.5 Å². The van der Waals surface area contributed by atoms with Gasteiger partial charge in [-0.25, -0.2) is 0 Å². The van der Waals surface area contributed by atoms with E-state index in [4.69, 9.17) is 0 Å². The maximum absolute atomic E-state index is 4.25. The van der Waals surface area contributed by atoms with Crippen molar-refractivity contribution in [2.45, 2.75) is 38.3 Å². The minimum absolute atomic E-state index is 0. The summed E-state index contributed by atoms with van der Waals surface area (Å²) in [5.41, 5.74) is 1.26. The monoisotopic (exact) mass is 407 g/mol. The van der Waals surface area contributed by atoms with E-state index in [0.29, 0.717) is 12.0 Å². The van der Waals surface area contributed by atoms with Crippen molar-refractivity contribution in [1.82, 2.24) is 10.6 Å². The molecule has 0 saturated heterocycles. The van der Waals surface area contributed by atoms with Gasteiger partial charge in [-0.15, -0.1) is 35.7 Å². The Labute approximate surface area is 144 Å². The maximum Gasteiger partial charge on any atom is 0.191 e. The Morgan fingerprint density at radius 1 is 1.20 bits per heavy atom. The van der Waals surface area contributed by atoms with E-state index in [1.165, 1.54) is 10.5 Å². The van der Waals surface area contributed by atoms with Crippen molar-refractivity contribution in [2.24, 2.45) is 10.9 Å². The second-order valence-electron chi connectivity index (χ2n) is 4.95. The normalized spacial score (nSPS) is 12.8. The summed E-state index contributed by atoms with van der Waals surface area (Å²) in [6.45, 7) is 7.36. The molecule has 2 N–H and O–H groups in total. The van der Waals surface area contributed by atoms with Gasteiger partial charge in [0, 0.05) is 24.5 Å². The highest BCUT2D eigenvalue weighted by atomic mass is 127. The molecule has 3 nitrogen and oxygen atoms in total. The van der Waals surface area contributed by atoms with Crippen molar-refractivity contribution in [3.63, 3.8) is 0 Å². The molecule has 5 heteroatoms. The molecule has 0 aromatic heterocycles. The lowest BCUT2D eigenvalue weighted by atomic mass is 10.1. The lowest BCUT2D eigenvalue weighted by Crippen LogP contribution is -2.43. The van der Waals surface area contributed by atoms with Crippen LogP contribution in [0.1, 0.15) is 26.3 Å². The standard InChI is InChI=1S/C15H25N3S.HI/c1-11(2)12(3)18-15(16-4)17-10-13-6-8-14(19-5)9-7-13;/h6-9,11-12H,10H2,1-5H3,(H2,16,17,18);1H. The third-order valence-electron chi connectivity index (χ3n) is 3.21. The van der Waals surface area contributed by atoms with Gasteiger partial charge in [-0.3, -0.25) is 4.99 Å². The third kappa shape index (κ3) is 6.83. The van der Waals surface area contributed by atoms with Crippen molar-refractivity contribution in [1.29, 1.82) is 0 Å². The predicted molar refractivity (Wildman–Crippen MR) is 101 cm³/mol. The van der Waals surface area contributed by atoms with Crippen molar-refractivity contribution in [2.75, 3.05) is 13.3 Å². The number of hydrogen-bond donors (Lipinski definition) is 2. The van der Waals surface area contributed by atoms with Crippen LogP contribution in [0.4, 0.5) is 0 Å². The molecule has 0 aliphatic heterocycles. The summed E-state index contributed by atoms with van der Waals surface area (Å²) in [6.07, 6.45) is 2.09. The summed E-state index contributed by atoms with van der Waals surface area (Å²) in [4.78, 5) is 5.54. The Balaban J connectivity index is 0.00000361. The highest BCUT2D eigenvalue weighted by Crippen LogP contribution is 2.14. The molecule has 1 rings (SSSR count). The largest absolute Gasteiger partial charge is 0.354 e. The molecule has 1 unspecified atom stereocenters. The highest BCUT2D eigenvalue weighted by molar-refractivity contribution is 14.0. The average Bonchev–Trinajstić information content (AvgIpc) is 2.43. The summed E-state index contributed by atoms with van der Waals surface area (Å²) >= 11 is 1.76. The van der Waals surface area contributed by atoms with Crippen molar-refractivity contribution < 1.29 is 0 Å². The lowest BCUT2D eigenvalue weighted by molar-refractivity contribution is 0.481. The van der Waals surface area contributed by atoms with Crippen LogP contribution < -0.4 is 10.6 Å². The Morgan fingerprint density at radius 2 is 1.80 bits per heavy atom. The minimum Gasteiger partial charge on any atom is -0.354 e. The number of benzene rings is 1. The molecule has 0 aliphatic carbocycles. The van der Waals surface area contributed by atoms with Gasteiger partial charge in [0.15, 0.2) is 5.96 Å². The summed E-state index contributed by atoms with van der Waals surface area (Å²) in [7, 11) is 1.80. The van der Waals surface area contributed by atoms with Crippen LogP contribution in [0.3, 0.4) is 0 Å². The van der Waals surface area contributed by atoms with E-state index in [-0.39, 0.29) is 24.0 Å². The molecule has 0 amide bonds. The summed E-state index contributed by atoms with van der Waals surface area (Å²) < 4.78 is 0. The molecule has 1 aromatic carbocycles. The maximum atomic E-state index is 4.25. The zero-order valence-corrected chi connectivity index (χ0v) is 16.1. The number of rotatable bonds is 5. The van der Waals surface area contributed by atoms with Gasteiger partial charge in [0.2, 0.25) is 0 Å². The Kier molecular flexibility index (Phi) is 10.1. The smallest absolute Gasteiger partial charge is 0.191 e. The van der Waals surface area contributed by atoms with Gasteiger partial charge in [-0.1, -0.05) is 26.0 Å². The molecule has 1 aromatic rings. The van der Waals surface area contributed by atoms with Crippen LogP contribution >= 0.6 is 35.7 Å². The van der Waals surface area contributed by atoms with E-state index in [2.05, 4.69) is 66.9 Å². The average molecular weight is 407 g/mol. The Morgan fingerprint density at radius 3 is 2.25 bits per heavy atom. The van der Waals surface area contributed by atoms with Gasteiger partial charge >= 0.3 is 0 Å². The first-order valence-corrected chi connectivity index (χ1v) is 7.89. The fourth-order valence-corrected chi connectivity index (χ4v) is 1.91. The zero-order valence-electron chi connectivity index (χ0n) is 12.9.